The quantitative estimate of drug-likeness (QED) is 0.733. The molecular formula is C18H19NOS. The molecule has 0 aliphatic heterocycles. The zero-order valence-electron chi connectivity index (χ0n) is 12.3. The molecule has 0 aliphatic rings. The molecule has 2 nitrogen and oxygen atoms in total. The molecule has 1 N–H and O–H groups in total. The molecule has 0 saturated heterocycles. The van der Waals surface area contributed by atoms with Crippen molar-refractivity contribution in [3.05, 3.63) is 65.0 Å². The molecule has 0 unspecified atom stereocenters. The average Bonchev–Trinajstić information content (AvgIpc) is 2.96. The van der Waals surface area contributed by atoms with Gasteiger partial charge in [0.1, 0.15) is 5.75 Å². The largest absolute Gasteiger partial charge is 0.497 e. The van der Waals surface area contributed by atoms with Crippen molar-refractivity contribution in [2.75, 3.05) is 7.11 Å². The molecule has 3 heteroatoms. The van der Waals surface area contributed by atoms with E-state index in [0.717, 1.165) is 12.3 Å². The van der Waals surface area contributed by atoms with Crippen molar-refractivity contribution < 1.29 is 4.74 Å². The van der Waals surface area contributed by atoms with Crippen LogP contribution in [0.15, 0.2) is 53.9 Å². The number of thiophene rings is 1. The third-order valence-corrected chi connectivity index (χ3v) is 4.79. The highest BCUT2D eigenvalue weighted by molar-refractivity contribution is 7.17. The first-order valence-corrected chi connectivity index (χ1v) is 7.98. The number of hydrogen-bond acceptors (Lipinski definition) is 3. The number of hydrogen-bond donors (Lipinski definition) is 1. The Bertz CT molecular complexity index is 717. The molecule has 0 radical (unpaired) electrons. The van der Waals surface area contributed by atoms with E-state index in [1.165, 1.54) is 21.2 Å². The summed E-state index contributed by atoms with van der Waals surface area (Å²) < 4.78 is 6.55. The van der Waals surface area contributed by atoms with E-state index in [9.17, 15) is 0 Å². The molecule has 0 bridgehead atoms. The number of fused-ring (bicyclic) bond motifs is 1. The topological polar surface area (TPSA) is 21.3 Å². The lowest BCUT2D eigenvalue weighted by atomic mass is 10.1. The fraction of sp³-hybridized carbons (Fsp3) is 0.222. The van der Waals surface area contributed by atoms with E-state index in [-0.39, 0.29) is 0 Å². The van der Waals surface area contributed by atoms with Crippen molar-refractivity contribution in [1.29, 1.82) is 0 Å². The summed E-state index contributed by atoms with van der Waals surface area (Å²) in [6, 6.07) is 17.1. The highest BCUT2D eigenvalue weighted by Gasteiger charge is 2.07. The summed E-state index contributed by atoms with van der Waals surface area (Å²) in [5.74, 6) is 0.898. The molecule has 1 aromatic heterocycles. The second kappa shape index (κ2) is 6.29. The number of nitrogens with one attached hydrogen (secondary N) is 1. The van der Waals surface area contributed by atoms with Crippen LogP contribution in [0, 0.1) is 0 Å². The minimum absolute atomic E-state index is 0.314. The van der Waals surface area contributed by atoms with Gasteiger partial charge in [0.2, 0.25) is 0 Å². The Balaban J connectivity index is 1.68. The van der Waals surface area contributed by atoms with Crippen molar-refractivity contribution in [2.45, 2.75) is 19.5 Å². The Kier molecular flexibility index (Phi) is 4.23. The number of ether oxygens (including phenoxy) is 1. The van der Waals surface area contributed by atoms with Gasteiger partial charge in [0, 0.05) is 17.3 Å². The van der Waals surface area contributed by atoms with Crippen molar-refractivity contribution in [3.8, 4) is 5.75 Å². The Labute approximate surface area is 129 Å². The summed E-state index contributed by atoms with van der Waals surface area (Å²) in [6.07, 6.45) is 0. The minimum Gasteiger partial charge on any atom is -0.497 e. The number of benzene rings is 2. The molecule has 0 aliphatic carbocycles. The van der Waals surface area contributed by atoms with Crippen molar-refractivity contribution in [1.82, 2.24) is 5.32 Å². The second-order valence-corrected chi connectivity index (χ2v) is 6.04. The molecular weight excluding hydrogens is 278 g/mol. The van der Waals surface area contributed by atoms with Crippen LogP contribution in [-0.2, 0) is 6.54 Å². The highest BCUT2D eigenvalue weighted by Crippen LogP contribution is 2.26. The molecule has 1 atom stereocenters. The zero-order valence-corrected chi connectivity index (χ0v) is 13.1. The second-order valence-electron chi connectivity index (χ2n) is 5.13. The SMILES string of the molecule is COc1ccc([C@@H](C)NCc2csc3ccccc23)cc1. The standard InChI is InChI=1S/C18H19NOS/c1-13(14-7-9-16(20-2)10-8-14)19-11-15-12-21-18-6-4-3-5-17(15)18/h3-10,12-13,19H,11H2,1-2H3/t13-/m1/s1. The van der Waals surface area contributed by atoms with E-state index in [2.05, 4.69) is 54.0 Å². The highest BCUT2D eigenvalue weighted by atomic mass is 32.1. The first-order chi connectivity index (χ1) is 10.3. The van der Waals surface area contributed by atoms with Crippen molar-refractivity contribution in [2.24, 2.45) is 0 Å². The van der Waals surface area contributed by atoms with E-state index in [1.807, 2.05) is 23.5 Å². The van der Waals surface area contributed by atoms with Gasteiger partial charge in [-0.15, -0.1) is 11.3 Å². The first-order valence-electron chi connectivity index (χ1n) is 7.10. The molecule has 0 saturated carbocycles. The van der Waals surface area contributed by atoms with Crippen LogP contribution in [-0.4, -0.2) is 7.11 Å². The summed E-state index contributed by atoms with van der Waals surface area (Å²) in [7, 11) is 1.69. The lowest BCUT2D eigenvalue weighted by Crippen LogP contribution is -2.17. The minimum atomic E-state index is 0.314. The molecule has 2 aromatic carbocycles. The van der Waals surface area contributed by atoms with Gasteiger partial charge in [-0.1, -0.05) is 30.3 Å². The lowest BCUT2D eigenvalue weighted by Gasteiger charge is -2.14. The fourth-order valence-corrected chi connectivity index (χ4v) is 3.41. The Morgan fingerprint density at radius 2 is 1.86 bits per heavy atom. The summed E-state index contributed by atoms with van der Waals surface area (Å²) in [5.41, 5.74) is 2.64. The van der Waals surface area contributed by atoms with E-state index >= 15 is 0 Å². The molecule has 21 heavy (non-hydrogen) atoms. The summed E-state index contributed by atoms with van der Waals surface area (Å²) >= 11 is 1.81. The van der Waals surface area contributed by atoms with E-state index in [1.54, 1.807) is 7.11 Å². The van der Waals surface area contributed by atoms with Crippen LogP contribution in [0.5, 0.6) is 5.75 Å². The van der Waals surface area contributed by atoms with Gasteiger partial charge in [-0.2, -0.15) is 0 Å². The van der Waals surface area contributed by atoms with Gasteiger partial charge in [-0.25, -0.2) is 0 Å². The maximum atomic E-state index is 5.20. The summed E-state index contributed by atoms with van der Waals surface area (Å²) in [6.45, 7) is 3.08. The van der Waals surface area contributed by atoms with Gasteiger partial charge in [0.25, 0.3) is 0 Å². The molecule has 0 spiro atoms. The summed E-state index contributed by atoms with van der Waals surface area (Å²) in [5, 5.41) is 7.20. The number of rotatable bonds is 5. The molecule has 1 heterocycles. The van der Waals surface area contributed by atoms with Gasteiger partial charge in [0.05, 0.1) is 7.11 Å². The van der Waals surface area contributed by atoms with Gasteiger partial charge in [0.15, 0.2) is 0 Å². The van der Waals surface area contributed by atoms with Crippen molar-refractivity contribution in [3.63, 3.8) is 0 Å². The van der Waals surface area contributed by atoms with Crippen LogP contribution in [0.25, 0.3) is 10.1 Å². The molecule has 3 aromatic rings. The predicted octanol–water partition coefficient (Wildman–Crippen LogP) is 4.76. The van der Waals surface area contributed by atoms with Crippen LogP contribution >= 0.6 is 11.3 Å². The Morgan fingerprint density at radius 1 is 1.10 bits per heavy atom. The molecule has 0 fully saturated rings. The summed E-state index contributed by atoms with van der Waals surface area (Å²) in [4.78, 5) is 0. The molecule has 108 valence electrons. The average molecular weight is 297 g/mol. The van der Waals surface area contributed by atoms with E-state index < -0.39 is 0 Å². The van der Waals surface area contributed by atoms with Crippen LogP contribution in [0.1, 0.15) is 24.1 Å². The predicted molar refractivity (Wildman–Crippen MR) is 90.1 cm³/mol. The maximum Gasteiger partial charge on any atom is 0.118 e. The van der Waals surface area contributed by atoms with Gasteiger partial charge in [-0.3, -0.25) is 0 Å². The third-order valence-electron chi connectivity index (χ3n) is 3.78. The van der Waals surface area contributed by atoms with Gasteiger partial charge in [-0.05, 0) is 47.0 Å². The normalized spacial score (nSPS) is 12.5. The Hall–Kier alpha value is -1.84. The van der Waals surface area contributed by atoms with E-state index in [0.29, 0.717) is 6.04 Å². The molecule has 3 rings (SSSR count). The van der Waals surface area contributed by atoms with Gasteiger partial charge < -0.3 is 10.1 Å². The van der Waals surface area contributed by atoms with E-state index in [4.69, 9.17) is 4.74 Å². The maximum absolute atomic E-state index is 5.20. The smallest absolute Gasteiger partial charge is 0.118 e. The molecule has 0 amide bonds. The Morgan fingerprint density at radius 3 is 2.62 bits per heavy atom. The fourth-order valence-electron chi connectivity index (χ4n) is 2.44. The number of methoxy groups -OCH3 is 1. The van der Waals surface area contributed by atoms with Crippen LogP contribution < -0.4 is 10.1 Å². The van der Waals surface area contributed by atoms with Crippen LogP contribution in [0.4, 0.5) is 0 Å². The van der Waals surface area contributed by atoms with Crippen LogP contribution in [0.2, 0.25) is 0 Å². The monoisotopic (exact) mass is 297 g/mol. The zero-order chi connectivity index (χ0) is 14.7. The van der Waals surface area contributed by atoms with Crippen LogP contribution in [0.3, 0.4) is 0 Å². The lowest BCUT2D eigenvalue weighted by molar-refractivity contribution is 0.414. The van der Waals surface area contributed by atoms with Gasteiger partial charge >= 0.3 is 0 Å². The third kappa shape index (κ3) is 3.09. The van der Waals surface area contributed by atoms with Crippen molar-refractivity contribution >= 4 is 21.4 Å². The first kappa shape index (κ1) is 14.1.